The first-order valence-electron chi connectivity index (χ1n) is 9.74. The zero-order valence-electron chi connectivity index (χ0n) is 18.4. The van der Waals surface area contributed by atoms with Gasteiger partial charge in [-0.2, -0.15) is 0 Å². The fourth-order valence-corrected chi connectivity index (χ4v) is 3.41. The number of hydrogen-bond acceptors (Lipinski definition) is 6. The zero-order chi connectivity index (χ0) is 24.8. The number of thiol groups is 1. The van der Waals surface area contributed by atoms with Crippen LogP contribution in [0.25, 0.3) is 0 Å². The van der Waals surface area contributed by atoms with Crippen LogP contribution < -0.4 is 29.1 Å². The van der Waals surface area contributed by atoms with E-state index in [-0.39, 0.29) is 22.0 Å². The minimum Gasteiger partial charge on any atom is -0.495 e. The van der Waals surface area contributed by atoms with Gasteiger partial charge in [0.05, 0.1) is 49.0 Å². The molecule has 11 heteroatoms. The summed E-state index contributed by atoms with van der Waals surface area (Å²) < 4.78 is 30.7. The van der Waals surface area contributed by atoms with E-state index in [9.17, 15) is 14.0 Å². The SMILES string of the molecule is COc1cc(OC)c(NC(=O)N(S)c2ccc(NC(=O)c3ccccc3F)c(OC)c2)cc1Cl. The molecule has 0 saturated heterocycles. The number of rotatable bonds is 7. The Labute approximate surface area is 206 Å². The average molecular weight is 506 g/mol. The van der Waals surface area contributed by atoms with Crippen LogP contribution in [0.2, 0.25) is 5.02 Å². The van der Waals surface area contributed by atoms with Gasteiger partial charge in [-0.1, -0.05) is 36.5 Å². The minimum atomic E-state index is -0.650. The van der Waals surface area contributed by atoms with Gasteiger partial charge in [0, 0.05) is 12.1 Å². The van der Waals surface area contributed by atoms with Crippen molar-refractivity contribution in [3.63, 3.8) is 0 Å². The summed E-state index contributed by atoms with van der Waals surface area (Å²) in [5.74, 6) is -0.341. The van der Waals surface area contributed by atoms with E-state index in [2.05, 4.69) is 23.4 Å². The van der Waals surface area contributed by atoms with Crippen molar-refractivity contribution in [2.24, 2.45) is 0 Å². The monoisotopic (exact) mass is 505 g/mol. The Kier molecular flexibility index (Phi) is 8.08. The quantitative estimate of drug-likeness (QED) is 0.362. The molecule has 0 unspecified atom stereocenters. The summed E-state index contributed by atoms with van der Waals surface area (Å²) in [6.45, 7) is 0. The van der Waals surface area contributed by atoms with Crippen molar-refractivity contribution in [3.05, 3.63) is 71.0 Å². The molecule has 0 fully saturated rings. The van der Waals surface area contributed by atoms with Gasteiger partial charge in [-0.15, -0.1) is 0 Å². The van der Waals surface area contributed by atoms with Gasteiger partial charge in [0.25, 0.3) is 5.91 Å². The molecule has 0 aliphatic rings. The zero-order valence-corrected chi connectivity index (χ0v) is 20.0. The number of nitrogens with zero attached hydrogens (tertiary/aromatic N) is 1. The molecule has 34 heavy (non-hydrogen) atoms. The highest BCUT2D eigenvalue weighted by atomic mass is 35.5. The molecule has 0 aliphatic heterocycles. The highest BCUT2D eigenvalue weighted by Crippen LogP contribution is 2.37. The second-order valence-electron chi connectivity index (χ2n) is 6.75. The highest BCUT2D eigenvalue weighted by Gasteiger charge is 2.19. The first-order chi connectivity index (χ1) is 16.3. The summed E-state index contributed by atoms with van der Waals surface area (Å²) >= 11 is 10.4. The van der Waals surface area contributed by atoms with Crippen molar-refractivity contribution >= 4 is 53.4 Å². The molecule has 3 aromatic rings. The third-order valence-corrected chi connectivity index (χ3v) is 5.41. The Balaban J connectivity index is 1.80. The van der Waals surface area contributed by atoms with Crippen molar-refractivity contribution in [1.29, 1.82) is 0 Å². The summed E-state index contributed by atoms with van der Waals surface area (Å²) in [6.07, 6.45) is 0. The number of hydrogen-bond donors (Lipinski definition) is 3. The van der Waals surface area contributed by atoms with E-state index in [0.717, 1.165) is 4.31 Å². The first-order valence-corrected chi connectivity index (χ1v) is 10.5. The van der Waals surface area contributed by atoms with E-state index >= 15 is 0 Å². The van der Waals surface area contributed by atoms with E-state index < -0.39 is 17.8 Å². The van der Waals surface area contributed by atoms with Gasteiger partial charge in [0.15, 0.2) is 0 Å². The molecule has 178 valence electrons. The number of amides is 3. The molecule has 0 bridgehead atoms. The number of nitrogens with one attached hydrogen (secondary N) is 2. The molecular formula is C23H21ClFN3O5S. The third-order valence-electron chi connectivity index (χ3n) is 4.70. The minimum absolute atomic E-state index is 0.115. The van der Waals surface area contributed by atoms with Crippen LogP contribution in [-0.4, -0.2) is 33.3 Å². The van der Waals surface area contributed by atoms with Crippen molar-refractivity contribution in [3.8, 4) is 17.2 Å². The summed E-state index contributed by atoms with van der Waals surface area (Å²) in [4.78, 5) is 25.2. The lowest BCUT2D eigenvalue weighted by Gasteiger charge is -2.20. The van der Waals surface area contributed by atoms with Gasteiger partial charge in [-0.05, 0) is 30.3 Å². The fraction of sp³-hybridized carbons (Fsp3) is 0.130. The lowest BCUT2D eigenvalue weighted by molar-refractivity contribution is 0.102. The van der Waals surface area contributed by atoms with Gasteiger partial charge < -0.3 is 24.8 Å². The van der Waals surface area contributed by atoms with Gasteiger partial charge in [0.1, 0.15) is 23.1 Å². The maximum absolute atomic E-state index is 13.9. The molecule has 0 aromatic heterocycles. The second kappa shape index (κ2) is 11.0. The van der Waals surface area contributed by atoms with E-state index in [1.54, 1.807) is 6.07 Å². The molecule has 8 nitrogen and oxygen atoms in total. The Bertz CT molecular complexity index is 1230. The van der Waals surface area contributed by atoms with Crippen LogP contribution in [0.15, 0.2) is 54.6 Å². The number of halogens is 2. The molecular weight excluding hydrogens is 485 g/mol. The summed E-state index contributed by atoms with van der Waals surface area (Å²) in [5, 5.41) is 5.53. The lowest BCUT2D eigenvalue weighted by atomic mass is 10.2. The number of benzene rings is 3. The van der Waals surface area contributed by atoms with Crippen LogP contribution in [0.1, 0.15) is 10.4 Å². The molecule has 0 heterocycles. The Hall–Kier alpha value is -3.63. The Morgan fingerprint density at radius 2 is 1.53 bits per heavy atom. The number of methoxy groups -OCH3 is 3. The number of urea groups is 1. The standard InChI is InChI=1S/C23H21ClFN3O5S/c1-31-19-12-21(33-3)18(11-15(19)24)27-23(30)28(34)13-8-9-17(20(10-13)32-2)26-22(29)14-6-4-5-7-16(14)25/h4-12,34H,1-3H3,(H,26,29)(H,27,30). The van der Waals surface area contributed by atoms with Gasteiger partial charge in [0.2, 0.25) is 0 Å². The molecule has 3 amide bonds. The van der Waals surface area contributed by atoms with E-state index in [4.69, 9.17) is 25.8 Å². The summed E-state index contributed by atoms with van der Waals surface area (Å²) in [5.41, 5.74) is 0.805. The first kappa shape index (κ1) is 25.0. The summed E-state index contributed by atoms with van der Waals surface area (Å²) in [6, 6.07) is 12.5. The van der Waals surface area contributed by atoms with Gasteiger partial charge >= 0.3 is 6.03 Å². The normalized spacial score (nSPS) is 10.3. The lowest BCUT2D eigenvalue weighted by Crippen LogP contribution is -2.27. The predicted octanol–water partition coefficient (Wildman–Crippen LogP) is 5.64. The van der Waals surface area contributed by atoms with Crippen LogP contribution >= 0.6 is 24.4 Å². The van der Waals surface area contributed by atoms with Crippen molar-refractivity contribution in [2.45, 2.75) is 0 Å². The molecule has 3 rings (SSSR count). The van der Waals surface area contributed by atoms with Crippen LogP contribution in [0.5, 0.6) is 17.2 Å². The van der Waals surface area contributed by atoms with Crippen LogP contribution in [0, 0.1) is 5.82 Å². The fourth-order valence-electron chi connectivity index (χ4n) is 2.99. The molecule has 0 atom stereocenters. The van der Waals surface area contributed by atoms with Crippen LogP contribution in [0.4, 0.5) is 26.2 Å². The summed E-state index contributed by atoms with van der Waals surface area (Å²) in [7, 11) is 4.30. The van der Waals surface area contributed by atoms with Gasteiger partial charge in [-0.3, -0.25) is 4.79 Å². The number of carbonyl (C=O) groups is 2. The Morgan fingerprint density at radius 1 is 0.882 bits per heavy atom. The molecule has 0 spiro atoms. The van der Waals surface area contributed by atoms with Crippen molar-refractivity contribution < 1.29 is 28.2 Å². The Morgan fingerprint density at radius 3 is 2.18 bits per heavy atom. The largest absolute Gasteiger partial charge is 0.495 e. The van der Waals surface area contributed by atoms with E-state index in [1.807, 2.05) is 0 Å². The number of ether oxygens (including phenoxy) is 3. The number of carbonyl (C=O) groups excluding carboxylic acids is 2. The smallest absolute Gasteiger partial charge is 0.336 e. The molecule has 3 aromatic carbocycles. The molecule has 0 radical (unpaired) electrons. The predicted molar refractivity (Wildman–Crippen MR) is 132 cm³/mol. The highest BCUT2D eigenvalue weighted by molar-refractivity contribution is 7.82. The molecule has 0 saturated carbocycles. The van der Waals surface area contributed by atoms with Crippen LogP contribution in [-0.2, 0) is 0 Å². The average Bonchev–Trinajstić information content (AvgIpc) is 2.84. The topological polar surface area (TPSA) is 89.1 Å². The van der Waals surface area contributed by atoms with Crippen molar-refractivity contribution in [2.75, 3.05) is 36.3 Å². The van der Waals surface area contributed by atoms with Crippen molar-refractivity contribution in [1.82, 2.24) is 0 Å². The maximum atomic E-state index is 13.9. The van der Waals surface area contributed by atoms with E-state index in [0.29, 0.717) is 22.9 Å². The molecule has 0 aliphatic carbocycles. The van der Waals surface area contributed by atoms with Crippen LogP contribution in [0.3, 0.4) is 0 Å². The third kappa shape index (κ3) is 5.46. The maximum Gasteiger partial charge on any atom is 0.336 e. The van der Waals surface area contributed by atoms with E-state index in [1.165, 1.54) is 69.9 Å². The number of anilines is 3. The second-order valence-corrected chi connectivity index (χ2v) is 7.55. The molecule has 2 N–H and O–H groups in total. The van der Waals surface area contributed by atoms with Gasteiger partial charge in [-0.25, -0.2) is 13.5 Å².